The minimum absolute atomic E-state index is 0.0765. The Morgan fingerprint density at radius 2 is 2.16 bits per heavy atom. The molecule has 0 spiro atoms. The molecule has 0 aromatic heterocycles. The van der Waals surface area contributed by atoms with Gasteiger partial charge in [0.2, 0.25) is 5.91 Å². The van der Waals surface area contributed by atoms with E-state index in [0.29, 0.717) is 19.5 Å². The summed E-state index contributed by atoms with van der Waals surface area (Å²) >= 11 is 3.45. The monoisotopic (exact) mass is 333 g/mol. The lowest BCUT2D eigenvalue weighted by molar-refractivity contribution is -0.165. The molecule has 0 aromatic carbocycles. The van der Waals surface area contributed by atoms with Crippen LogP contribution >= 0.6 is 15.9 Å². The maximum absolute atomic E-state index is 12.5. The lowest BCUT2D eigenvalue weighted by Crippen LogP contribution is -2.56. The van der Waals surface area contributed by atoms with Crippen LogP contribution in [0, 0.1) is 0 Å². The maximum atomic E-state index is 12.5. The molecule has 1 saturated carbocycles. The molecule has 0 N–H and O–H groups in total. The van der Waals surface area contributed by atoms with E-state index in [-0.39, 0.29) is 23.2 Å². The third kappa shape index (κ3) is 3.50. The molecule has 1 aliphatic heterocycles. The van der Waals surface area contributed by atoms with Gasteiger partial charge in [0, 0.05) is 25.5 Å². The maximum Gasteiger partial charge on any atom is 0.225 e. The number of ether oxygens (including phenoxy) is 2. The predicted molar refractivity (Wildman–Crippen MR) is 77.5 cm³/mol. The zero-order valence-electron chi connectivity index (χ0n) is 12.1. The van der Waals surface area contributed by atoms with Crippen molar-refractivity contribution >= 4 is 21.8 Å². The Morgan fingerprint density at radius 1 is 1.47 bits per heavy atom. The van der Waals surface area contributed by atoms with Crippen LogP contribution in [0.4, 0.5) is 0 Å². The Kier molecular flexibility index (Phi) is 4.58. The lowest BCUT2D eigenvalue weighted by atomic mass is 9.77. The molecule has 2 fully saturated rings. The summed E-state index contributed by atoms with van der Waals surface area (Å²) in [4.78, 5) is 14.4. The normalized spacial score (nSPS) is 28.8. The van der Waals surface area contributed by atoms with E-state index in [1.54, 1.807) is 7.11 Å². The summed E-state index contributed by atoms with van der Waals surface area (Å²) in [5, 5.41) is 0.760. The van der Waals surface area contributed by atoms with E-state index in [9.17, 15) is 4.79 Å². The van der Waals surface area contributed by atoms with Crippen LogP contribution in [0.3, 0.4) is 0 Å². The van der Waals surface area contributed by atoms with Crippen LogP contribution < -0.4 is 0 Å². The van der Waals surface area contributed by atoms with Crippen LogP contribution in [-0.4, -0.2) is 53.6 Å². The van der Waals surface area contributed by atoms with Crippen molar-refractivity contribution in [1.29, 1.82) is 0 Å². The van der Waals surface area contributed by atoms with E-state index < -0.39 is 0 Å². The van der Waals surface area contributed by atoms with Crippen molar-refractivity contribution < 1.29 is 14.3 Å². The summed E-state index contributed by atoms with van der Waals surface area (Å²) in [6.07, 6.45) is 3.76. The second-order valence-electron chi connectivity index (χ2n) is 6.35. The van der Waals surface area contributed by atoms with Crippen LogP contribution in [0.2, 0.25) is 0 Å². The SMILES string of the molecule is COC1(CC(=O)N2CC(CBr)OC(C)(C)C2)CCC1. The van der Waals surface area contributed by atoms with Gasteiger partial charge in [-0.1, -0.05) is 15.9 Å². The van der Waals surface area contributed by atoms with Crippen LogP contribution in [-0.2, 0) is 14.3 Å². The topological polar surface area (TPSA) is 38.8 Å². The Bertz CT molecular complexity index is 336. The molecular weight excluding hydrogens is 310 g/mol. The van der Waals surface area contributed by atoms with Gasteiger partial charge in [-0.3, -0.25) is 4.79 Å². The molecule has 110 valence electrons. The van der Waals surface area contributed by atoms with Gasteiger partial charge in [-0.2, -0.15) is 0 Å². The molecule has 19 heavy (non-hydrogen) atoms. The molecule has 0 aromatic rings. The lowest BCUT2D eigenvalue weighted by Gasteiger charge is -2.45. The van der Waals surface area contributed by atoms with Gasteiger partial charge in [0.1, 0.15) is 0 Å². The Morgan fingerprint density at radius 3 is 2.63 bits per heavy atom. The fourth-order valence-electron chi connectivity index (χ4n) is 2.98. The van der Waals surface area contributed by atoms with E-state index in [4.69, 9.17) is 9.47 Å². The average Bonchev–Trinajstić information content (AvgIpc) is 2.31. The van der Waals surface area contributed by atoms with Crippen LogP contribution in [0.1, 0.15) is 39.5 Å². The first kappa shape index (κ1) is 15.3. The van der Waals surface area contributed by atoms with Crippen molar-refractivity contribution in [3.63, 3.8) is 0 Å². The summed E-state index contributed by atoms with van der Waals surface area (Å²) in [6.45, 7) is 5.41. The van der Waals surface area contributed by atoms with E-state index in [2.05, 4.69) is 15.9 Å². The molecule has 5 heteroatoms. The summed E-state index contributed by atoms with van der Waals surface area (Å²) in [5.74, 6) is 0.198. The highest BCUT2D eigenvalue weighted by Crippen LogP contribution is 2.38. The van der Waals surface area contributed by atoms with Crippen LogP contribution in [0.5, 0.6) is 0 Å². The van der Waals surface area contributed by atoms with Crippen molar-refractivity contribution in [3.05, 3.63) is 0 Å². The van der Waals surface area contributed by atoms with E-state index in [1.807, 2.05) is 18.7 Å². The number of hydrogen-bond donors (Lipinski definition) is 0. The highest BCUT2D eigenvalue weighted by atomic mass is 79.9. The molecule has 1 unspecified atom stereocenters. The number of halogens is 1. The first-order valence-corrected chi connectivity index (χ1v) is 8.09. The number of nitrogens with zero attached hydrogens (tertiary/aromatic N) is 1. The number of amides is 1. The zero-order chi connectivity index (χ0) is 14.1. The second-order valence-corrected chi connectivity index (χ2v) is 6.99. The van der Waals surface area contributed by atoms with Crippen molar-refractivity contribution in [2.75, 3.05) is 25.5 Å². The molecule has 2 rings (SSSR count). The summed E-state index contributed by atoms with van der Waals surface area (Å²) < 4.78 is 11.5. The van der Waals surface area contributed by atoms with Crippen molar-refractivity contribution in [2.24, 2.45) is 0 Å². The highest BCUT2D eigenvalue weighted by molar-refractivity contribution is 9.09. The third-order valence-corrected chi connectivity index (χ3v) is 4.90. The first-order chi connectivity index (χ1) is 8.90. The van der Waals surface area contributed by atoms with Gasteiger partial charge in [0.15, 0.2) is 0 Å². The smallest absolute Gasteiger partial charge is 0.225 e. The Labute approximate surface area is 123 Å². The number of carbonyl (C=O) groups is 1. The third-order valence-electron chi connectivity index (χ3n) is 4.18. The predicted octanol–water partition coefficient (Wildman–Crippen LogP) is 2.35. The van der Waals surface area contributed by atoms with Crippen molar-refractivity contribution in [3.8, 4) is 0 Å². The van der Waals surface area contributed by atoms with Crippen molar-refractivity contribution in [2.45, 2.75) is 56.8 Å². The number of morpholine rings is 1. The number of carbonyl (C=O) groups excluding carboxylic acids is 1. The van der Waals surface area contributed by atoms with E-state index in [0.717, 1.165) is 18.2 Å². The Hall–Kier alpha value is -0.130. The molecule has 1 saturated heterocycles. The summed E-state index contributed by atoms with van der Waals surface area (Å²) in [6, 6.07) is 0. The largest absolute Gasteiger partial charge is 0.378 e. The number of alkyl halides is 1. The standard InChI is InChI=1S/C14H24BrNO3/c1-13(2)10-16(9-11(8-15)19-13)12(17)7-14(18-3)5-4-6-14/h11H,4-10H2,1-3H3. The fourth-order valence-corrected chi connectivity index (χ4v) is 3.31. The van der Waals surface area contributed by atoms with Crippen LogP contribution in [0.25, 0.3) is 0 Å². The molecule has 1 aliphatic carbocycles. The molecule has 1 heterocycles. The van der Waals surface area contributed by atoms with E-state index in [1.165, 1.54) is 6.42 Å². The molecule has 4 nitrogen and oxygen atoms in total. The van der Waals surface area contributed by atoms with Gasteiger partial charge in [-0.05, 0) is 33.1 Å². The average molecular weight is 334 g/mol. The summed E-state index contributed by atoms with van der Waals surface area (Å²) in [7, 11) is 1.72. The van der Waals surface area contributed by atoms with Gasteiger partial charge in [0.05, 0.1) is 23.7 Å². The molecular formula is C14H24BrNO3. The number of methoxy groups -OCH3 is 1. The minimum Gasteiger partial charge on any atom is -0.378 e. The summed E-state index contributed by atoms with van der Waals surface area (Å²) in [5.41, 5.74) is -0.463. The van der Waals surface area contributed by atoms with Gasteiger partial charge >= 0.3 is 0 Å². The van der Waals surface area contributed by atoms with Crippen LogP contribution in [0.15, 0.2) is 0 Å². The number of rotatable bonds is 4. The number of hydrogen-bond acceptors (Lipinski definition) is 3. The van der Waals surface area contributed by atoms with Gasteiger partial charge in [0.25, 0.3) is 0 Å². The second kappa shape index (κ2) is 5.70. The van der Waals surface area contributed by atoms with Crippen molar-refractivity contribution in [1.82, 2.24) is 4.90 Å². The fraction of sp³-hybridized carbons (Fsp3) is 0.929. The molecule has 1 amide bonds. The molecule has 0 radical (unpaired) electrons. The van der Waals surface area contributed by atoms with Gasteiger partial charge in [-0.25, -0.2) is 0 Å². The van der Waals surface area contributed by atoms with Gasteiger partial charge in [-0.15, -0.1) is 0 Å². The van der Waals surface area contributed by atoms with Gasteiger partial charge < -0.3 is 14.4 Å². The quantitative estimate of drug-likeness (QED) is 0.741. The van der Waals surface area contributed by atoms with E-state index >= 15 is 0 Å². The Balaban J connectivity index is 1.98. The highest BCUT2D eigenvalue weighted by Gasteiger charge is 2.42. The zero-order valence-corrected chi connectivity index (χ0v) is 13.7. The molecule has 1 atom stereocenters. The molecule has 2 aliphatic rings. The minimum atomic E-state index is -0.272. The first-order valence-electron chi connectivity index (χ1n) is 6.96. The molecule has 0 bridgehead atoms.